The van der Waals surface area contributed by atoms with E-state index in [-0.39, 0.29) is 22.8 Å². The van der Waals surface area contributed by atoms with Gasteiger partial charge in [-0.05, 0) is 87.6 Å². The number of amides is 1. The third kappa shape index (κ3) is 7.10. The number of carbonyl (C=O) groups excluding carboxylic acids is 3. The van der Waals surface area contributed by atoms with Crippen LogP contribution in [0, 0.1) is 0 Å². The van der Waals surface area contributed by atoms with Crippen molar-refractivity contribution in [2.45, 2.75) is 56.7 Å². The molecule has 1 aromatic heterocycles. The number of rotatable bonds is 9. The molecule has 1 aliphatic carbocycles. The Balaban J connectivity index is 1.42. The van der Waals surface area contributed by atoms with Gasteiger partial charge in [-0.15, -0.1) is 11.3 Å². The number of sulfonamides is 1. The quantitative estimate of drug-likeness (QED) is 0.288. The lowest BCUT2D eigenvalue weighted by Gasteiger charge is -2.15. The van der Waals surface area contributed by atoms with Crippen molar-refractivity contribution in [1.82, 2.24) is 0 Å². The summed E-state index contributed by atoms with van der Waals surface area (Å²) in [5.41, 5.74) is -0.187. The third-order valence-electron chi connectivity index (χ3n) is 6.38. The summed E-state index contributed by atoms with van der Waals surface area (Å²) in [6, 6.07) is 8.19. The van der Waals surface area contributed by atoms with E-state index in [1.54, 1.807) is 6.92 Å². The van der Waals surface area contributed by atoms with Gasteiger partial charge in [-0.2, -0.15) is 13.2 Å². The molecule has 0 radical (unpaired) electrons. The predicted molar refractivity (Wildman–Crippen MR) is 149 cm³/mol. The van der Waals surface area contributed by atoms with E-state index in [0.29, 0.717) is 23.1 Å². The number of thiophene rings is 1. The number of aryl methyl sites for hydroxylation is 1. The van der Waals surface area contributed by atoms with E-state index >= 15 is 0 Å². The third-order valence-corrected chi connectivity index (χ3v) is 8.99. The number of benzene rings is 2. The largest absolute Gasteiger partial charge is 0.462 e. The number of nitrogens with one attached hydrogen (secondary N) is 2. The Morgan fingerprint density at radius 1 is 1.02 bits per heavy atom. The Kier molecular flexibility index (Phi) is 9.26. The van der Waals surface area contributed by atoms with E-state index in [4.69, 9.17) is 9.47 Å². The normalized spacial score (nSPS) is 13.9. The van der Waals surface area contributed by atoms with E-state index in [9.17, 15) is 36.0 Å². The zero-order valence-electron chi connectivity index (χ0n) is 22.5. The molecular formula is C28H27F3N2O7S2. The Morgan fingerprint density at radius 2 is 1.71 bits per heavy atom. The van der Waals surface area contributed by atoms with Crippen LogP contribution in [0.2, 0.25) is 0 Å². The zero-order chi connectivity index (χ0) is 30.7. The Bertz CT molecular complexity index is 1600. The van der Waals surface area contributed by atoms with Crippen molar-refractivity contribution in [2.75, 3.05) is 16.6 Å². The molecule has 3 aromatic rings. The molecule has 224 valence electrons. The van der Waals surface area contributed by atoms with Gasteiger partial charge in [0.1, 0.15) is 5.00 Å². The lowest BCUT2D eigenvalue weighted by atomic mass is 9.95. The molecule has 0 aliphatic heterocycles. The predicted octanol–water partition coefficient (Wildman–Crippen LogP) is 5.81. The van der Waals surface area contributed by atoms with Crippen LogP contribution in [0.3, 0.4) is 0 Å². The van der Waals surface area contributed by atoms with Crippen LogP contribution in [0.4, 0.5) is 23.9 Å². The molecule has 0 saturated heterocycles. The van der Waals surface area contributed by atoms with Crippen LogP contribution in [-0.4, -0.2) is 39.0 Å². The monoisotopic (exact) mass is 624 g/mol. The molecule has 2 aromatic carbocycles. The minimum atomic E-state index is -4.65. The summed E-state index contributed by atoms with van der Waals surface area (Å²) in [5.74, 6) is -2.12. The van der Waals surface area contributed by atoms with Gasteiger partial charge >= 0.3 is 18.1 Å². The molecule has 0 bridgehead atoms. The van der Waals surface area contributed by atoms with Crippen molar-refractivity contribution >= 4 is 49.9 Å². The maximum Gasteiger partial charge on any atom is 0.416 e. The molecule has 14 heteroatoms. The number of fused-ring (bicyclic) bond motifs is 1. The Labute approximate surface area is 244 Å². The standard InChI is InChI=1S/C28H27F3N2O7S2/c1-3-39-27(36)23-21-9-4-5-10-22(21)41-25(23)32-24(34)16(2)40-26(35)17-11-13-20(14-12-17)42(37,38)33-19-8-6-7-18(15-19)28(29,30)31/h6-8,11-16,33H,3-5,9-10H2,1-2H3,(H,32,34)/t16-/m1/s1. The zero-order valence-corrected chi connectivity index (χ0v) is 24.2. The molecule has 4 rings (SSSR count). The van der Waals surface area contributed by atoms with Gasteiger partial charge in [-0.1, -0.05) is 6.07 Å². The molecule has 0 spiro atoms. The lowest BCUT2D eigenvalue weighted by Crippen LogP contribution is -2.30. The second-order valence-corrected chi connectivity index (χ2v) is 12.2. The topological polar surface area (TPSA) is 128 Å². The second kappa shape index (κ2) is 12.5. The fourth-order valence-electron chi connectivity index (χ4n) is 4.31. The smallest absolute Gasteiger partial charge is 0.416 e. The molecule has 1 aliphatic rings. The number of hydrogen-bond acceptors (Lipinski definition) is 8. The summed E-state index contributed by atoms with van der Waals surface area (Å²) in [6.07, 6.45) is -2.55. The summed E-state index contributed by atoms with van der Waals surface area (Å²) in [7, 11) is -4.28. The molecule has 2 N–H and O–H groups in total. The van der Waals surface area contributed by atoms with E-state index in [1.165, 1.54) is 24.3 Å². The highest BCUT2D eigenvalue weighted by Gasteiger charge is 2.31. The van der Waals surface area contributed by atoms with E-state index < -0.39 is 45.7 Å². The van der Waals surface area contributed by atoms with Gasteiger partial charge in [0.25, 0.3) is 15.9 Å². The molecule has 42 heavy (non-hydrogen) atoms. The van der Waals surface area contributed by atoms with Crippen LogP contribution >= 0.6 is 11.3 Å². The minimum Gasteiger partial charge on any atom is -0.462 e. The van der Waals surface area contributed by atoms with Crippen LogP contribution in [0.1, 0.15) is 63.4 Å². The number of esters is 2. The van der Waals surface area contributed by atoms with Crippen molar-refractivity contribution < 1.29 is 45.4 Å². The van der Waals surface area contributed by atoms with Gasteiger partial charge < -0.3 is 14.8 Å². The SMILES string of the molecule is CCOC(=O)c1c(NC(=O)[C@@H](C)OC(=O)c2ccc(S(=O)(=O)Nc3cccc(C(F)(F)F)c3)cc2)sc2c1CCCC2. The van der Waals surface area contributed by atoms with Crippen molar-refractivity contribution in [3.63, 3.8) is 0 Å². The van der Waals surface area contributed by atoms with Crippen molar-refractivity contribution in [2.24, 2.45) is 0 Å². The molecule has 0 fully saturated rings. The summed E-state index contributed by atoms with van der Waals surface area (Å²) < 4.78 is 76.7. The van der Waals surface area contributed by atoms with Gasteiger partial charge in [0, 0.05) is 10.6 Å². The van der Waals surface area contributed by atoms with Gasteiger partial charge in [-0.3, -0.25) is 9.52 Å². The highest BCUT2D eigenvalue weighted by molar-refractivity contribution is 7.92. The average molecular weight is 625 g/mol. The Hall–Kier alpha value is -3.91. The number of anilines is 2. The van der Waals surface area contributed by atoms with E-state index in [1.807, 2.05) is 0 Å². The first-order chi connectivity index (χ1) is 19.8. The Morgan fingerprint density at radius 3 is 2.38 bits per heavy atom. The van der Waals surface area contributed by atoms with Gasteiger partial charge in [0.05, 0.1) is 28.2 Å². The highest BCUT2D eigenvalue weighted by atomic mass is 32.2. The molecular weight excluding hydrogens is 597 g/mol. The molecule has 0 unspecified atom stereocenters. The van der Waals surface area contributed by atoms with Crippen molar-refractivity contribution in [1.29, 1.82) is 0 Å². The first-order valence-corrected chi connectivity index (χ1v) is 15.2. The number of halogens is 3. The summed E-state index contributed by atoms with van der Waals surface area (Å²) in [6.45, 7) is 3.21. The van der Waals surface area contributed by atoms with E-state index in [0.717, 1.165) is 66.1 Å². The molecule has 1 atom stereocenters. The molecule has 1 heterocycles. The first kappa shape index (κ1) is 31.0. The van der Waals surface area contributed by atoms with Crippen LogP contribution in [0.5, 0.6) is 0 Å². The first-order valence-electron chi connectivity index (χ1n) is 12.9. The molecule has 0 saturated carbocycles. The summed E-state index contributed by atoms with van der Waals surface area (Å²) in [5, 5.41) is 3.00. The lowest BCUT2D eigenvalue weighted by molar-refractivity contribution is -0.137. The second-order valence-electron chi connectivity index (χ2n) is 9.38. The number of ether oxygens (including phenoxy) is 2. The van der Waals surface area contributed by atoms with Crippen molar-refractivity contribution in [3.8, 4) is 0 Å². The average Bonchev–Trinajstić information content (AvgIpc) is 3.30. The van der Waals surface area contributed by atoms with Crippen LogP contribution in [0.25, 0.3) is 0 Å². The fourth-order valence-corrected chi connectivity index (χ4v) is 6.64. The van der Waals surface area contributed by atoms with Crippen LogP contribution in [0.15, 0.2) is 53.4 Å². The molecule has 9 nitrogen and oxygen atoms in total. The number of alkyl halides is 3. The number of carbonyl (C=O) groups is 3. The van der Waals surface area contributed by atoms with Gasteiger partial charge in [0.15, 0.2) is 6.10 Å². The van der Waals surface area contributed by atoms with Crippen LogP contribution < -0.4 is 10.0 Å². The maximum absolute atomic E-state index is 13.0. The maximum atomic E-state index is 13.0. The fraction of sp³-hybridized carbons (Fsp3) is 0.321. The van der Waals surface area contributed by atoms with Crippen molar-refractivity contribution in [3.05, 3.63) is 75.7 Å². The summed E-state index contributed by atoms with van der Waals surface area (Å²) >= 11 is 1.29. The highest BCUT2D eigenvalue weighted by Crippen LogP contribution is 2.39. The number of hydrogen-bond donors (Lipinski definition) is 2. The van der Waals surface area contributed by atoms with Gasteiger partial charge in [-0.25, -0.2) is 18.0 Å². The molecule has 1 amide bonds. The summed E-state index contributed by atoms with van der Waals surface area (Å²) in [4.78, 5) is 38.9. The van der Waals surface area contributed by atoms with E-state index in [2.05, 4.69) is 10.0 Å². The van der Waals surface area contributed by atoms with Crippen LogP contribution in [-0.2, 0) is 43.3 Å². The minimum absolute atomic E-state index is 0.0635. The van der Waals surface area contributed by atoms with Gasteiger partial charge in [0.2, 0.25) is 0 Å².